The molecular weight excluding hydrogens is 779 g/mol. The number of terminal acetylenes is 1. The molecule has 17 heteroatoms. The topological polar surface area (TPSA) is 131 Å². The van der Waals surface area contributed by atoms with Crippen LogP contribution in [0.15, 0.2) is 54.7 Å². The van der Waals surface area contributed by atoms with Crippen LogP contribution in [0.4, 0.5) is 32.2 Å². The predicted octanol–water partition coefficient (Wildman–Crippen LogP) is 6.68. The van der Waals surface area contributed by atoms with E-state index in [-0.39, 0.29) is 88.9 Å². The lowest BCUT2D eigenvalue weighted by molar-refractivity contribution is -0.137. The Hall–Kier alpha value is -6.24. The van der Waals surface area contributed by atoms with Gasteiger partial charge >= 0.3 is 23.8 Å². The molecule has 6 heterocycles. The fraction of sp³-hybridized carbons (Fsp3) is 0.357. The van der Waals surface area contributed by atoms with Crippen LogP contribution in [0.25, 0.3) is 38.5 Å². The number of fused-ring (bicyclic) bond motifs is 5. The third-order valence-electron chi connectivity index (χ3n) is 12.1. The molecule has 9 rings (SSSR count). The number of hydrogen-bond acceptors (Lipinski definition) is 8. The Balaban J connectivity index is 1.10. The van der Waals surface area contributed by atoms with Crippen LogP contribution in [0, 0.1) is 24.0 Å². The number of alkyl halides is 4. The van der Waals surface area contributed by atoms with E-state index in [0.717, 1.165) is 36.8 Å². The number of benzene rings is 3. The van der Waals surface area contributed by atoms with E-state index < -0.39 is 58.8 Å². The number of nitrogens with zero attached hydrogens (tertiary/aromatic N) is 8. The zero-order valence-electron chi connectivity index (χ0n) is 31.2. The molecule has 2 aromatic heterocycles. The van der Waals surface area contributed by atoms with Gasteiger partial charge in [0.25, 0.3) is 0 Å². The average molecular weight is 813 g/mol. The standard InChI is InChI=1S/C42H34F6N8O3/c1-2-29-32(44)11-6-23-14-28(57)15-30(33(23)29)36-34(45)37-31(17-50-36)38(52-40(51-37)59-21-41-12-3-13-55(41)18-25(43)16-41)54-19-26-9-10-27(20-54)56(26)39(58)35(53-49)22-4-7-24(8-5-22)42(46,47)48/h1,4-8,11,14-15,17,25-27,57H,3,9-10,12-13,16,18-21H2/t25-,26?,27?,41+/m1/s1. The number of rotatable bonds is 7. The Kier molecular flexibility index (Phi) is 9.24. The van der Waals surface area contributed by atoms with Gasteiger partial charge in [0.2, 0.25) is 0 Å². The Labute approximate surface area is 332 Å². The molecule has 0 spiro atoms. The fourth-order valence-corrected chi connectivity index (χ4v) is 9.49. The van der Waals surface area contributed by atoms with Crippen LogP contribution in [0.3, 0.4) is 0 Å². The summed E-state index contributed by atoms with van der Waals surface area (Å²) in [7, 11) is 0. The van der Waals surface area contributed by atoms with E-state index in [0.29, 0.717) is 31.2 Å². The molecule has 1 amide bonds. The number of ether oxygens (including phenoxy) is 1. The van der Waals surface area contributed by atoms with E-state index in [2.05, 4.69) is 25.6 Å². The average Bonchev–Trinajstić information content (AvgIpc) is 3.83. The van der Waals surface area contributed by atoms with Crippen molar-refractivity contribution in [2.24, 2.45) is 0 Å². The number of aromatic hydroxyl groups is 1. The number of phenolic OH excluding ortho intramolecular Hbond substituents is 1. The molecule has 4 atom stereocenters. The largest absolute Gasteiger partial charge is 0.508 e. The van der Waals surface area contributed by atoms with Crippen molar-refractivity contribution in [2.45, 2.75) is 62.1 Å². The Morgan fingerprint density at radius 2 is 1.81 bits per heavy atom. The summed E-state index contributed by atoms with van der Waals surface area (Å²) in [4.78, 5) is 36.3. The highest BCUT2D eigenvalue weighted by molar-refractivity contribution is 6.43. The first kappa shape index (κ1) is 38.3. The molecule has 302 valence electrons. The normalized spacial score (nSPS) is 22.8. The van der Waals surface area contributed by atoms with Crippen LogP contribution in [0.5, 0.6) is 11.8 Å². The van der Waals surface area contributed by atoms with Crippen LogP contribution >= 0.6 is 0 Å². The first-order valence-corrected chi connectivity index (χ1v) is 19.1. The number of hydrogen-bond donors (Lipinski definition) is 1. The van der Waals surface area contributed by atoms with Crippen molar-refractivity contribution in [1.29, 1.82) is 0 Å². The van der Waals surface area contributed by atoms with Gasteiger partial charge in [0.15, 0.2) is 5.82 Å². The van der Waals surface area contributed by atoms with Crippen molar-refractivity contribution in [2.75, 3.05) is 37.7 Å². The number of aromatic nitrogens is 3. The monoisotopic (exact) mass is 812 g/mol. The highest BCUT2D eigenvalue weighted by atomic mass is 19.4. The minimum Gasteiger partial charge on any atom is -0.508 e. The third kappa shape index (κ3) is 6.47. The molecular formula is C42H34F6N8O3. The van der Waals surface area contributed by atoms with Gasteiger partial charge in [-0.2, -0.15) is 27.9 Å². The van der Waals surface area contributed by atoms with Gasteiger partial charge in [-0.25, -0.2) is 13.2 Å². The van der Waals surface area contributed by atoms with E-state index in [1.807, 2.05) is 4.90 Å². The van der Waals surface area contributed by atoms with E-state index in [1.165, 1.54) is 24.4 Å². The maximum absolute atomic E-state index is 17.1. The van der Waals surface area contributed by atoms with E-state index >= 15 is 4.39 Å². The summed E-state index contributed by atoms with van der Waals surface area (Å²) >= 11 is 0. The lowest BCUT2D eigenvalue weighted by atomic mass is 9.95. The molecule has 2 bridgehead atoms. The second-order valence-electron chi connectivity index (χ2n) is 15.6. The SMILES string of the molecule is C#Cc1c(F)ccc2cc(O)cc(-c3ncc4c(N5CC6CCC(C5)N6C(=O)C(=[N+]=[N-])c5ccc(C(F)(F)F)cc5)nc(OC[C@@]56CCCN5C[C@H](F)C6)nc4c3F)c12. The van der Waals surface area contributed by atoms with Gasteiger partial charge in [0.05, 0.1) is 39.7 Å². The summed E-state index contributed by atoms with van der Waals surface area (Å²) in [5.41, 5.74) is 7.38. The van der Waals surface area contributed by atoms with Gasteiger partial charge in [-0.15, -0.1) is 6.42 Å². The molecule has 2 unspecified atom stereocenters. The van der Waals surface area contributed by atoms with Crippen molar-refractivity contribution in [3.8, 4) is 35.4 Å². The fourth-order valence-electron chi connectivity index (χ4n) is 9.49. The molecule has 4 saturated heterocycles. The van der Waals surface area contributed by atoms with Gasteiger partial charge in [0, 0.05) is 43.2 Å². The van der Waals surface area contributed by atoms with Gasteiger partial charge < -0.3 is 25.2 Å². The van der Waals surface area contributed by atoms with E-state index in [9.17, 15) is 37.4 Å². The number of pyridine rings is 1. The van der Waals surface area contributed by atoms with Crippen molar-refractivity contribution >= 4 is 39.1 Å². The van der Waals surface area contributed by atoms with Crippen molar-refractivity contribution < 1.29 is 45.8 Å². The molecule has 0 radical (unpaired) electrons. The summed E-state index contributed by atoms with van der Waals surface area (Å²) in [6, 6.07) is 7.81. The third-order valence-corrected chi connectivity index (χ3v) is 12.1. The van der Waals surface area contributed by atoms with Gasteiger partial charge in [0.1, 0.15) is 41.4 Å². The Morgan fingerprint density at radius 3 is 2.51 bits per heavy atom. The highest BCUT2D eigenvalue weighted by Crippen LogP contribution is 2.43. The number of halogens is 6. The quantitative estimate of drug-likeness (QED) is 0.0634. The molecule has 59 heavy (non-hydrogen) atoms. The van der Waals surface area contributed by atoms with Crippen molar-refractivity contribution in [1.82, 2.24) is 24.8 Å². The second kappa shape index (κ2) is 14.2. The van der Waals surface area contributed by atoms with Gasteiger partial charge in [-0.3, -0.25) is 14.7 Å². The number of phenols is 1. The first-order chi connectivity index (χ1) is 28.3. The minimum atomic E-state index is -4.60. The summed E-state index contributed by atoms with van der Waals surface area (Å²) in [6.45, 7) is 1.38. The molecule has 0 saturated carbocycles. The van der Waals surface area contributed by atoms with Crippen LogP contribution in [-0.4, -0.2) is 103 Å². The summed E-state index contributed by atoms with van der Waals surface area (Å²) in [6.07, 6.45) is 4.30. The Morgan fingerprint density at radius 1 is 1.07 bits per heavy atom. The zero-order valence-corrected chi connectivity index (χ0v) is 31.2. The maximum Gasteiger partial charge on any atom is 0.416 e. The number of piperazine rings is 1. The van der Waals surface area contributed by atoms with Crippen LogP contribution < -0.4 is 9.64 Å². The van der Waals surface area contributed by atoms with Crippen LogP contribution in [0.2, 0.25) is 0 Å². The van der Waals surface area contributed by atoms with Gasteiger partial charge in [-0.05, 0) is 80.1 Å². The summed E-state index contributed by atoms with van der Waals surface area (Å²) in [5.74, 6) is -0.00819. The second-order valence-corrected chi connectivity index (χ2v) is 15.6. The molecule has 3 aromatic carbocycles. The molecule has 4 fully saturated rings. The van der Waals surface area contributed by atoms with Crippen LogP contribution in [-0.2, 0) is 11.0 Å². The molecule has 5 aromatic rings. The smallest absolute Gasteiger partial charge is 0.416 e. The maximum atomic E-state index is 17.1. The zero-order chi connectivity index (χ0) is 41.4. The summed E-state index contributed by atoms with van der Waals surface area (Å²) in [5, 5.41) is 11.3. The summed E-state index contributed by atoms with van der Waals surface area (Å²) < 4.78 is 92.7. The predicted molar refractivity (Wildman–Crippen MR) is 203 cm³/mol. The lowest BCUT2D eigenvalue weighted by Crippen LogP contribution is -2.57. The van der Waals surface area contributed by atoms with E-state index in [1.54, 1.807) is 4.90 Å². The molecule has 11 nitrogen and oxygen atoms in total. The molecule has 1 N–H and O–H groups in total. The number of carbonyl (C=O) groups is 1. The number of amides is 1. The minimum absolute atomic E-state index is 0.00604. The van der Waals surface area contributed by atoms with E-state index in [4.69, 9.17) is 16.1 Å². The Bertz CT molecular complexity index is 2630. The highest BCUT2D eigenvalue weighted by Gasteiger charge is 2.50. The molecule has 4 aliphatic rings. The van der Waals surface area contributed by atoms with Crippen molar-refractivity contribution in [3.63, 3.8) is 0 Å². The van der Waals surface area contributed by atoms with Crippen LogP contribution in [0.1, 0.15) is 48.8 Å². The molecule has 4 aliphatic heterocycles. The molecule has 0 aliphatic carbocycles. The first-order valence-electron chi connectivity index (χ1n) is 19.1. The van der Waals surface area contributed by atoms with Crippen molar-refractivity contribution in [3.05, 3.63) is 88.6 Å². The number of carbonyl (C=O) groups excluding carboxylic acids is 1. The lowest BCUT2D eigenvalue weighted by Gasteiger charge is -2.41. The van der Waals surface area contributed by atoms with Gasteiger partial charge in [-0.1, -0.05) is 12.0 Å². The number of anilines is 1.